The van der Waals surface area contributed by atoms with Crippen molar-refractivity contribution in [2.24, 2.45) is 5.92 Å². The second-order valence-corrected chi connectivity index (χ2v) is 7.05. The first-order chi connectivity index (χ1) is 7.46. The van der Waals surface area contributed by atoms with Gasteiger partial charge in [-0.3, -0.25) is 9.69 Å². The molecule has 2 rings (SSSR count). The number of hydrogen-bond donors (Lipinski definition) is 1. The molecule has 1 saturated heterocycles. The van der Waals surface area contributed by atoms with E-state index in [1.165, 1.54) is 0 Å². The number of sulfone groups is 1. The van der Waals surface area contributed by atoms with Crippen molar-refractivity contribution in [2.45, 2.75) is 25.3 Å². The molecule has 0 aromatic heterocycles. The van der Waals surface area contributed by atoms with Crippen molar-refractivity contribution < 1.29 is 18.3 Å². The molecular weight excluding hydrogens is 230 g/mol. The molecular formula is C10H17NO4S. The lowest BCUT2D eigenvalue weighted by atomic mass is 10.2. The Bertz CT molecular complexity index is 374. The van der Waals surface area contributed by atoms with Crippen LogP contribution in [0, 0.1) is 5.92 Å². The van der Waals surface area contributed by atoms with Gasteiger partial charge in [-0.15, -0.1) is 0 Å². The Kier molecular flexibility index (Phi) is 3.21. The molecule has 0 aromatic rings. The van der Waals surface area contributed by atoms with Gasteiger partial charge in [0.15, 0.2) is 9.84 Å². The van der Waals surface area contributed by atoms with Gasteiger partial charge >= 0.3 is 5.97 Å². The molecule has 6 heteroatoms. The molecule has 1 aliphatic heterocycles. The summed E-state index contributed by atoms with van der Waals surface area (Å²) in [6.07, 6.45) is 2.88. The summed E-state index contributed by atoms with van der Waals surface area (Å²) in [6.45, 7) is 0.711. The molecule has 16 heavy (non-hydrogen) atoms. The Morgan fingerprint density at radius 1 is 1.31 bits per heavy atom. The third-order valence-corrected chi connectivity index (χ3v) is 5.00. The summed E-state index contributed by atoms with van der Waals surface area (Å²) in [5, 5.41) is 8.82. The van der Waals surface area contributed by atoms with Crippen LogP contribution in [0.4, 0.5) is 0 Å². The molecule has 1 aliphatic carbocycles. The summed E-state index contributed by atoms with van der Waals surface area (Å²) in [5.74, 6) is 0.0541. The molecule has 1 unspecified atom stereocenters. The Morgan fingerprint density at radius 2 is 2.00 bits per heavy atom. The zero-order valence-corrected chi connectivity index (χ0v) is 9.95. The van der Waals surface area contributed by atoms with Gasteiger partial charge in [0.25, 0.3) is 0 Å². The molecule has 1 saturated carbocycles. The molecule has 1 atom stereocenters. The Morgan fingerprint density at radius 3 is 2.44 bits per heavy atom. The van der Waals surface area contributed by atoms with E-state index >= 15 is 0 Å². The van der Waals surface area contributed by atoms with E-state index in [1.54, 1.807) is 0 Å². The summed E-state index contributed by atoms with van der Waals surface area (Å²) < 4.78 is 22.7. The van der Waals surface area contributed by atoms with Crippen LogP contribution in [0.15, 0.2) is 0 Å². The predicted octanol–water partition coefficient (Wildman–Crippen LogP) is -0.0299. The fourth-order valence-electron chi connectivity index (χ4n) is 2.21. The van der Waals surface area contributed by atoms with Crippen molar-refractivity contribution in [1.82, 2.24) is 4.90 Å². The van der Waals surface area contributed by atoms with Gasteiger partial charge in [-0.25, -0.2) is 8.42 Å². The lowest BCUT2D eigenvalue weighted by Crippen LogP contribution is -2.41. The van der Waals surface area contributed by atoms with Crippen LogP contribution in [0.1, 0.15) is 19.3 Å². The van der Waals surface area contributed by atoms with Crippen molar-refractivity contribution in [2.75, 3.05) is 24.6 Å². The average molecular weight is 247 g/mol. The van der Waals surface area contributed by atoms with Crippen LogP contribution >= 0.6 is 0 Å². The molecule has 1 heterocycles. The Balaban J connectivity index is 1.97. The lowest BCUT2D eigenvalue weighted by molar-refractivity contribution is -0.138. The number of carboxylic acid groups (broad SMARTS) is 1. The second-order valence-electron chi connectivity index (χ2n) is 4.82. The van der Waals surface area contributed by atoms with Crippen LogP contribution in [0.3, 0.4) is 0 Å². The molecule has 0 spiro atoms. The number of hydrogen-bond acceptors (Lipinski definition) is 4. The van der Waals surface area contributed by atoms with E-state index in [0.29, 0.717) is 12.3 Å². The van der Waals surface area contributed by atoms with Crippen LogP contribution < -0.4 is 0 Å². The van der Waals surface area contributed by atoms with Gasteiger partial charge in [0.2, 0.25) is 0 Å². The summed E-state index contributed by atoms with van der Waals surface area (Å²) >= 11 is 0. The molecule has 2 fully saturated rings. The van der Waals surface area contributed by atoms with E-state index in [9.17, 15) is 13.2 Å². The van der Waals surface area contributed by atoms with E-state index in [0.717, 1.165) is 19.4 Å². The van der Waals surface area contributed by atoms with E-state index in [1.807, 2.05) is 4.90 Å². The minimum absolute atomic E-state index is 0.0311. The van der Waals surface area contributed by atoms with Crippen LogP contribution in [-0.2, 0) is 14.6 Å². The fourth-order valence-corrected chi connectivity index (χ4v) is 3.97. The van der Waals surface area contributed by atoms with Crippen LogP contribution in [-0.4, -0.2) is 55.0 Å². The third-order valence-electron chi connectivity index (χ3n) is 3.25. The SMILES string of the molecule is O=C(O)CN(CC1CC1)C1CCS(=O)(=O)C1. The van der Waals surface area contributed by atoms with E-state index in [-0.39, 0.29) is 24.1 Å². The predicted molar refractivity (Wildman–Crippen MR) is 59.0 cm³/mol. The quantitative estimate of drug-likeness (QED) is 0.738. The van der Waals surface area contributed by atoms with Crippen LogP contribution in [0.25, 0.3) is 0 Å². The second kappa shape index (κ2) is 4.33. The lowest BCUT2D eigenvalue weighted by Gasteiger charge is -2.25. The molecule has 0 radical (unpaired) electrons. The average Bonchev–Trinajstić information content (AvgIpc) is 2.88. The Labute approximate surface area is 95.4 Å². The highest BCUT2D eigenvalue weighted by atomic mass is 32.2. The van der Waals surface area contributed by atoms with E-state index in [2.05, 4.69) is 0 Å². The van der Waals surface area contributed by atoms with Gasteiger partial charge in [0, 0.05) is 12.6 Å². The minimum atomic E-state index is -2.93. The highest BCUT2D eigenvalue weighted by molar-refractivity contribution is 7.91. The number of aliphatic carboxylic acids is 1. The molecule has 5 nitrogen and oxygen atoms in total. The number of nitrogens with zero attached hydrogens (tertiary/aromatic N) is 1. The van der Waals surface area contributed by atoms with Gasteiger partial charge in [-0.1, -0.05) is 0 Å². The van der Waals surface area contributed by atoms with Gasteiger partial charge in [0.1, 0.15) is 0 Å². The van der Waals surface area contributed by atoms with Crippen LogP contribution in [0.2, 0.25) is 0 Å². The maximum Gasteiger partial charge on any atom is 0.317 e. The Hall–Kier alpha value is -0.620. The van der Waals surface area contributed by atoms with Gasteiger partial charge in [-0.05, 0) is 25.2 Å². The van der Waals surface area contributed by atoms with Crippen molar-refractivity contribution in [3.8, 4) is 0 Å². The minimum Gasteiger partial charge on any atom is -0.480 e. The number of carbonyl (C=O) groups is 1. The standard InChI is InChI=1S/C10H17NO4S/c12-10(13)6-11(5-8-1-2-8)9-3-4-16(14,15)7-9/h8-9H,1-7H2,(H,12,13). The first kappa shape index (κ1) is 11.9. The third kappa shape index (κ3) is 3.18. The van der Waals surface area contributed by atoms with Crippen molar-refractivity contribution in [3.05, 3.63) is 0 Å². The normalized spacial score (nSPS) is 28.4. The highest BCUT2D eigenvalue weighted by Gasteiger charge is 2.35. The number of rotatable bonds is 5. The molecule has 0 amide bonds. The van der Waals surface area contributed by atoms with Gasteiger partial charge < -0.3 is 5.11 Å². The highest BCUT2D eigenvalue weighted by Crippen LogP contribution is 2.31. The first-order valence-corrected chi connectivity index (χ1v) is 7.45. The van der Waals surface area contributed by atoms with Gasteiger partial charge in [0.05, 0.1) is 18.1 Å². The molecule has 92 valence electrons. The summed E-state index contributed by atoms with van der Waals surface area (Å²) in [5.41, 5.74) is 0. The molecule has 0 bridgehead atoms. The van der Waals surface area contributed by atoms with Crippen LogP contribution in [0.5, 0.6) is 0 Å². The van der Waals surface area contributed by atoms with Gasteiger partial charge in [-0.2, -0.15) is 0 Å². The summed E-state index contributed by atoms with van der Waals surface area (Å²) in [6, 6.07) is -0.0818. The van der Waals surface area contributed by atoms with Crippen molar-refractivity contribution >= 4 is 15.8 Å². The topological polar surface area (TPSA) is 74.7 Å². The van der Waals surface area contributed by atoms with Crippen molar-refractivity contribution in [3.63, 3.8) is 0 Å². The fraction of sp³-hybridized carbons (Fsp3) is 0.900. The molecule has 0 aromatic carbocycles. The summed E-state index contributed by atoms with van der Waals surface area (Å²) in [4.78, 5) is 12.6. The maximum atomic E-state index is 11.4. The first-order valence-electron chi connectivity index (χ1n) is 5.62. The summed E-state index contributed by atoms with van der Waals surface area (Å²) in [7, 11) is -2.93. The number of carboxylic acids is 1. The maximum absolute atomic E-state index is 11.4. The zero-order chi connectivity index (χ0) is 11.8. The zero-order valence-electron chi connectivity index (χ0n) is 9.13. The monoisotopic (exact) mass is 247 g/mol. The smallest absolute Gasteiger partial charge is 0.317 e. The van der Waals surface area contributed by atoms with E-state index < -0.39 is 15.8 Å². The molecule has 1 N–H and O–H groups in total. The van der Waals surface area contributed by atoms with E-state index in [4.69, 9.17) is 5.11 Å². The van der Waals surface area contributed by atoms with Crippen molar-refractivity contribution in [1.29, 1.82) is 0 Å². The largest absolute Gasteiger partial charge is 0.480 e. The molecule has 2 aliphatic rings.